The maximum atomic E-state index is 5.28. The predicted molar refractivity (Wildman–Crippen MR) is 74.3 cm³/mol. The van der Waals surface area contributed by atoms with Crippen LogP contribution in [0, 0.1) is 0 Å². The monoisotopic (exact) mass is 309 g/mol. The summed E-state index contributed by atoms with van der Waals surface area (Å²) in [5.74, 6) is 1.31. The van der Waals surface area contributed by atoms with Crippen molar-refractivity contribution < 1.29 is 4.52 Å². The fourth-order valence-electron chi connectivity index (χ4n) is 1.74. The van der Waals surface area contributed by atoms with Crippen LogP contribution in [-0.2, 0) is 6.42 Å². The lowest BCUT2D eigenvalue weighted by molar-refractivity contribution is 0.359. The van der Waals surface area contributed by atoms with Crippen molar-refractivity contribution in [3.05, 3.63) is 34.6 Å². The van der Waals surface area contributed by atoms with Crippen LogP contribution in [0.25, 0.3) is 11.4 Å². The number of benzene rings is 1. The third-order valence-corrected chi connectivity index (χ3v) is 3.37. The van der Waals surface area contributed by atoms with Gasteiger partial charge in [-0.15, -0.1) is 0 Å². The highest BCUT2D eigenvalue weighted by Gasteiger charge is 2.12. The van der Waals surface area contributed by atoms with E-state index in [1.165, 1.54) is 0 Å². The van der Waals surface area contributed by atoms with Crippen molar-refractivity contribution in [2.45, 2.75) is 25.8 Å². The van der Waals surface area contributed by atoms with E-state index < -0.39 is 0 Å². The number of hydrogen-bond acceptors (Lipinski definition) is 4. The Hall–Kier alpha value is -1.20. The number of hydrogen-bond donors (Lipinski definition) is 1. The molecule has 4 nitrogen and oxygen atoms in total. The number of nitrogens with zero attached hydrogens (tertiary/aromatic N) is 2. The van der Waals surface area contributed by atoms with E-state index in [1.807, 2.05) is 31.3 Å². The fraction of sp³-hybridized carbons (Fsp3) is 0.385. The van der Waals surface area contributed by atoms with Gasteiger partial charge in [0.05, 0.1) is 0 Å². The Morgan fingerprint density at radius 2 is 2.28 bits per heavy atom. The number of rotatable bonds is 5. The first kappa shape index (κ1) is 13.2. The molecule has 0 fully saturated rings. The molecule has 1 aromatic carbocycles. The molecule has 0 bridgehead atoms. The highest BCUT2D eigenvalue weighted by molar-refractivity contribution is 9.10. The first-order valence-corrected chi connectivity index (χ1v) is 6.78. The number of nitrogens with one attached hydrogen (secondary N) is 1. The van der Waals surface area contributed by atoms with E-state index in [-0.39, 0.29) is 0 Å². The van der Waals surface area contributed by atoms with Crippen LogP contribution in [0.1, 0.15) is 19.2 Å². The summed E-state index contributed by atoms with van der Waals surface area (Å²) in [4.78, 5) is 4.42. The van der Waals surface area contributed by atoms with Crippen LogP contribution in [0.4, 0.5) is 0 Å². The first-order valence-electron chi connectivity index (χ1n) is 5.98. The van der Waals surface area contributed by atoms with E-state index in [9.17, 15) is 0 Å². The summed E-state index contributed by atoms with van der Waals surface area (Å²) in [6.45, 7) is 2.13. The van der Waals surface area contributed by atoms with Gasteiger partial charge in [0.25, 0.3) is 0 Å². The SMILES string of the molecule is CCC(Cc1nc(-c2cccc(Br)c2)no1)NC. The summed E-state index contributed by atoms with van der Waals surface area (Å²) >= 11 is 3.43. The van der Waals surface area contributed by atoms with E-state index >= 15 is 0 Å². The Balaban J connectivity index is 2.15. The third kappa shape index (κ3) is 3.17. The van der Waals surface area contributed by atoms with Crippen molar-refractivity contribution in [3.63, 3.8) is 0 Å². The lowest BCUT2D eigenvalue weighted by Gasteiger charge is -2.09. The van der Waals surface area contributed by atoms with Crippen LogP contribution < -0.4 is 5.32 Å². The molecule has 1 aromatic heterocycles. The van der Waals surface area contributed by atoms with Gasteiger partial charge in [0.15, 0.2) is 0 Å². The zero-order valence-electron chi connectivity index (χ0n) is 10.5. The van der Waals surface area contributed by atoms with Crippen LogP contribution in [-0.4, -0.2) is 23.2 Å². The molecule has 0 aliphatic carbocycles. The Morgan fingerprint density at radius 3 is 2.94 bits per heavy atom. The highest BCUT2D eigenvalue weighted by Crippen LogP contribution is 2.20. The molecule has 96 valence electrons. The maximum absolute atomic E-state index is 5.28. The molecular formula is C13H16BrN3O. The van der Waals surface area contributed by atoms with Crippen LogP contribution in [0.15, 0.2) is 33.3 Å². The minimum atomic E-state index is 0.376. The average Bonchev–Trinajstić information content (AvgIpc) is 2.84. The second-order valence-corrected chi connectivity index (χ2v) is 5.04. The molecule has 2 aromatic rings. The van der Waals surface area contributed by atoms with Gasteiger partial charge < -0.3 is 9.84 Å². The lowest BCUT2D eigenvalue weighted by atomic mass is 10.1. The molecule has 1 heterocycles. The van der Waals surface area contributed by atoms with Crippen LogP contribution in [0.2, 0.25) is 0 Å². The van der Waals surface area contributed by atoms with Gasteiger partial charge in [-0.25, -0.2) is 0 Å². The Morgan fingerprint density at radius 1 is 1.44 bits per heavy atom. The summed E-state index contributed by atoms with van der Waals surface area (Å²) < 4.78 is 6.28. The van der Waals surface area contributed by atoms with Crippen molar-refractivity contribution >= 4 is 15.9 Å². The van der Waals surface area contributed by atoms with Crippen molar-refractivity contribution in [2.75, 3.05) is 7.05 Å². The average molecular weight is 310 g/mol. The maximum Gasteiger partial charge on any atom is 0.228 e. The van der Waals surface area contributed by atoms with Crippen LogP contribution in [0.5, 0.6) is 0 Å². The van der Waals surface area contributed by atoms with Gasteiger partial charge in [-0.3, -0.25) is 0 Å². The number of likely N-dealkylation sites (N-methyl/N-ethyl adjacent to an activating group) is 1. The minimum Gasteiger partial charge on any atom is -0.339 e. The van der Waals surface area contributed by atoms with Gasteiger partial charge in [0.2, 0.25) is 11.7 Å². The van der Waals surface area contributed by atoms with Gasteiger partial charge in [0, 0.05) is 22.5 Å². The Labute approximate surface area is 115 Å². The Bertz CT molecular complexity index is 508. The predicted octanol–water partition coefficient (Wildman–Crippen LogP) is 3.04. The molecule has 0 amide bonds. The van der Waals surface area contributed by atoms with E-state index in [4.69, 9.17) is 4.52 Å². The molecule has 18 heavy (non-hydrogen) atoms. The summed E-state index contributed by atoms with van der Waals surface area (Å²) in [5.41, 5.74) is 0.955. The quantitative estimate of drug-likeness (QED) is 0.922. The lowest BCUT2D eigenvalue weighted by Crippen LogP contribution is -2.26. The van der Waals surface area contributed by atoms with E-state index in [2.05, 4.69) is 38.3 Å². The molecule has 0 radical (unpaired) electrons. The first-order chi connectivity index (χ1) is 8.72. The smallest absolute Gasteiger partial charge is 0.228 e. The normalized spacial score (nSPS) is 12.6. The molecule has 1 atom stereocenters. The summed E-state index contributed by atoms with van der Waals surface area (Å²) in [6.07, 6.45) is 1.79. The summed E-state index contributed by atoms with van der Waals surface area (Å²) in [5, 5.41) is 7.24. The van der Waals surface area contributed by atoms with Crippen LogP contribution >= 0.6 is 15.9 Å². The van der Waals surface area contributed by atoms with Gasteiger partial charge in [-0.05, 0) is 25.6 Å². The number of aromatic nitrogens is 2. The second-order valence-electron chi connectivity index (χ2n) is 4.12. The van der Waals surface area contributed by atoms with Crippen molar-refractivity contribution in [3.8, 4) is 11.4 Å². The van der Waals surface area contributed by atoms with E-state index in [0.29, 0.717) is 17.8 Å². The largest absolute Gasteiger partial charge is 0.339 e. The molecular weight excluding hydrogens is 294 g/mol. The van der Waals surface area contributed by atoms with Gasteiger partial charge in [-0.2, -0.15) is 4.98 Å². The summed E-state index contributed by atoms with van der Waals surface area (Å²) in [7, 11) is 1.94. The van der Waals surface area contributed by atoms with E-state index in [1.54, 1.807) is 0 Å². The molecule has 5 heteroatoms. The highest BCUT2D eigenvalue weighted by atomic mass is 79.9. The Kier molecular flexibility index (Phi) is 4.49. The zero-order valence-corrected chi connectivity index (χ0v) is 12.1. The van der Waals surface area contributed by atoms with Crippen LogP contribution in [0.3, 0.4) is 0 Å². The van der Waals surface area contributed by atoms with Gasteiger partial charge in [-0.1, -0.05) is 40.1 Å². The molecule has 0 spiro atoms. The molecule has 0 aliphatic rings. The standard InChI is InChI=1S/C13H16BrN3O/c1-3-11(15-2)8-12-16-13(17-18-12)9-5-4-6-10(14)7-9/h4-7,11,15H,3,8H2,1-2H3. The van der Waals surface area contributed by atoms with Gasteiger partial charge >= 0.3 is 0 Å². The zero-order chi connectivity index (χ0) is 13.0. The third-order valence-electron chi connectivity index (χ3n) is 2.87. The second kappa shape index (κ2) is 6.11. The molecule has 1 unspecified atom stereocenters. The van der Waals surface area contributed by atoms with Crippen molar-refractivity contribution in [1.29, 1.82) is 0 Å². The van der Waals surface area contributed by atoms with Crippen molar-refractivity contribution in [2.24, 2.45) is 0 Å². The number of halogens is 1. The fourth-order valence-corrected chi connectivity index (χ4v) is 2.14. The molecule has 2 rings (SSSR count). The van der Waals surface area contributed by atoms with Crippen molar-refractivity contribution in [1.82, 2.24) is 15.5 Å². The topological polar surface area (TPSA) is 51.0 Å². The molecule has 0 aliphatic heterocycles. The summed E-state index contributed by atoms with van der Waals surface area (Å²) in [6, 6.07) is 8.25. The van der Waals surface area contributed by atoms with Gasteiger partial charge in [0.1, 0.15) is 0 Å². The molecule has 1 N–H and O–H groups in total. The van der Waals surface area contributed by atoms with E-state index in [0.717, 1.165) is 22.9 Å². The molecule has 0 saturated carbocycles. The molecule has 0 saturated heterocycles. The minimum absolute atomic E-state index is 0.376.